The average Bonchev–Trinajstić information content (AvgIpc) is 2.69. The minimum absolute atomic E-state index is 0.128. The minimum Gasteiger partial charge on any atom is -0.493 e. The second kappa shape index (κ2) is 9.04. The van der Waals surface area contributed by atoms with Crippen LogP contribution in [0.5, 0.6) is 5.75 Å². The van der Waals surface area contributed by atoms with Crippen LogP contribution < -0.4 is 10.1 Å². The van der Waals surface area contributed by atoms with E-state index in [1.54, 1.807) is 12.1 Å². The number of benzene rings is 3. The van der Waals surface area contributed by atoms with Crippen molar-refractivity contribution in [1.29, 1.82) is 0 Å². The lowest BCUT2D eigenvalue weighted by molar-refractivity contribution is 0.102. The predicted molar refractivity (Wildman–Crippen MR) is 111 cm³/mol. The fourth-order valence-corrected chi connectivity index (χ4v) is 2.97. The molecule has 138 valence electrons. The van der Waals surface area contributed by atoms with Crippen LogP contribution in [0.3, 0.4) is 0 Å². The standard InChI is InChI=1S/C24H25NO2/c1-18(2)22-13-6-7-14-23(22)25-24(26)20-11-8-12-21(17-20)27-16-15-19-9-4-3-5-10-19/h3-14,17-18H,15-16H2,1-2H3,(H,25,26). The predicted octanol–water partition coefficient (Wildman–Crippen LogP) is 5.68. The van der Waals surface area contributed by atoms with Gasteiger partial charge in [0.15, 0.2) is 0 Å². The van der Waals surface area contributed by atoms with Crippen LogP contribution >= 0.6 is 0 Å². The summed E-state index contributed by atoms with van der Waals surface area (Å²) >= 11 is 0. The van der Waals surface area contributed by atoms with Gasteiger partial charge in [0.2, 0.25) is 0 Å². The summed E-state index contributed by atoms with van der Waals surface area (Å²) in [5.74, 6) is 0.918. The van der Waals surface area contributed by atoms with Crippen LogP contribution in [-0.4, -0.2) is 12.5 Å². The Bertz CT molecular complexity index is 888. The van der Waals surface area contributed by atoms with E-state index in [0.717, 1.165) is 17.7 Å². The topological polar surface area (TPSA) is 38.3 Å². The van der Waals surface area contributed by atoms with Crippen molar-refractivity contribution in [3.63, 3.8) is 0 Å². The first-order valence-electron chi connectivity index (χ1n) is 9.30. The molecule has 27 heavy (non-hydrogen) atoms. The van der Waals surface area contributed by atoms with Crippen molar-refractivity contribution >= 4 is 11.6 Å². The SMILES string of the molecule is CC(C)c1ccccc1NC(=O)c1cccc(OCCc2ccccc2)c1. The van der Waals surface area contributed by atoms with Crippen LogP contribution in [0.2, 0.25) is 0 Å². The Morgan fingerprint density at radius 2 is 1.67 bits per heavy atom. The highest BCUT2D eigenvalue weighted by Crippen LogP contribution is 2.24. The molecule has 3 nitrogen and oxygen atoms in total. The van der Waals surface area contributed by atoms with Gasteiger partial charge in [-0.1, -0.05) is 68.4 Å². The van der Waals surface area contributed by atoms with Crippen molar-refractivity contribution in [1.82, 2.24) is 0 Å². The lowest BCUT2D eigenvalue weighted by Gasteiger charge is -2.14. The molecule has 3 heteroatoms. The molecule has 1 N–H and O–H groups in total. The fraction of sp³-hybridized carbons (Fsp3) is 0.208. The van der Waals surface area contributed by atoms with Gasteiger partial charge in [-0.2, -0.15) is 0 Å². The second-order valence-corrected chi connectivity index (χ2v) is 6.81. The lowest BCUT2D eigenvalue weighted by atomic mass is 10.0. The molecule has 1 amide bonds. The molecule has 0 aliphatic heterocycles. The zero-order valence-corrected chi connectivity index (χ0v) is 15.8. The first-order valence-corrected chi connectivity index (χ1v) is 9.30. The molecular weight excluding hydrogens is 334 g/mol. The van der Waals surface area contributed by atoms with Crippen LogP contribution in [0.15, 0.2) is 78.9 Å². The van der Waals surface area contributed by atoms with Gasteiger partial charge in [-0.15, -0.1) is 0 Å². The quantitative estimate of drug-likeness (QED) is 0.589. The van der Waals surface area contributed by atoms with Gasteiger partial charge < -0.3 is 10.1 Å². The smallest absolute Gasteiger partial charge is 0.255 e. The third-order valence-electron chi connectivity index (χ3n) is 4.43. The highest BCUT2D eigenvalue weighted by Gasteiger charge is 2.11. The van der Waals surface area contributed by atoms with E-state index in [2.05, 4.69) is 31.3 Å². The summed E-state index contributed by atoms with van der Waals surface area (Å²) in [6.45, 7) is 4.81. The summed E-state index contributed by atoms with van der Waals surface area (Å²) in [6, 6.07) is 25.4. The third-order valence-corrected chi connectivity index (χ3v) is 4.43. The maximum absolute atomic E-state index is 12.7. The van der Waals surface area contributed by atoms with Crippen LogP contribution in [0.25, 0.3) is 0 Å². The van der Waals surface area contributed by atoms with E-state index in [0.29, 0.717) is 23.8 Å². The number of hydrogen-bond acceptors (Lipinski definition) is 2. The van der Waals surface area contributed by atoms with E-state index >= 15 is 0 Å². The fourth-order valence-electron chi connectivity index (χ4n) is 2.97. The van der Waals surface area contributed by atoms with Gasteiger partial charge in [-0.05, 0) is 41.3 Å². The molecular formula is C24H25NO2. The Hall–Kier alpha value is -3.07. The number of anilines is 1. The molecule has 0 atom stereocenters. The van der Waals surface area contributed by atoms with Crippen molar-refractivity contribution in [2.75, 3.05) is 11.9 Å². The first kappa shape index (κ1) is 18.7. The number of para-hydroxylation sites is 1. The summed E-state index contributed by atoms with van der Waals surface area (Å²) < 4.78 is 5.83. The average molecular weight is 359 g/mol. The molecule has 3 rings (SSSR count). The van der Waals surface area contributed by atoms with Gasteiger partial charge in [0.1, 0.15) is 5.75 Å². The molecule has 0 aliphatic carbocycles. The molecule has 0 aliphatic rings. The van der Waals surface area contributed by atoms with Crippen molar-refractivity contribution in [2.24, 2.45) is 0 Å². The van der Waals surface area contributed by atoms with Gasteiger partial charge in [0, 0.05) is 17.7 Å². The zero-order valence-electron chi connectivity index (χ0n) is 15.8. The van der Waals surface area contributed by atoms with E-state index in [4.69, 9.17) is 4.74 Å². The Labute approximate surface area is 161 Å². The Kier molecular flexibility index (Phi) is 6.26. The maximum Gasteiger partial charge on any atom is 0.255 e. The molecule has 0 heterocycles. The third kappa shape index (κ3) is 5.20. The monoisotopic (exact) mass is 359 g/mol. The van der Waals surface area contributed by atoms with Gasteiger partial charge in [0.25, 0.3) is 5.91 Å². The number of hydrogen-bond donors (Lipinski definition) is 1. The van der Waals surface area contributed by atoms with Crippen LogP contribution in [0, 0.1) is 0 Å². The van der Waals surface area contributed by atoms with Crippen molar-refractivity contribution in [3.05, 3.63) is 95.6 Å². The number of carbonyl (C=O) groups excluding carboxylic acids is 1. The number of ether oxygens (including phenoxy) is 1. The molecule has 0 saturated heterocycles. The molecule has 0 aromatic heterocycles. The van der Waals surface area contributed by atoms with Crippen molar-refractivity contribution in [3.8, 4) is 5.75 Å². The summed E-state index contributed by atoms with van der Waals surface area (Å²) in [7, 11) is 0. The summed E-state index contributed by atoms with van der Waals surface area (Å²) in [5, 5.41) is 3.02. The molecule has 0 fully saturated rings. The van der Waals surface area contributed by atoms with Gasteiger partial charge >= 0.3 is 0 Å². The van der Waals surface area contributed by atoms with E-state index in [1.165, 1.54) is 5.56 Å². The number of amides is 1. The number of rotatable bonds is 7. The van der Waals surface area contributed by atoms with Gasteiger partial charge in [0.05, 0.1) is 6.61 Å². The second-order valence-electron chi connectivity index (χ2n) is 6.81. The molecule has 0 radical (unpaired) electrons. The van der Waals surface area contributed by atoms with Crippen molar-refractivity contribution in [2.45, 2.75) is 26.2 Å². The Balaban J connectivity index is 1.64. The van der Waals surface area contributed by atoms with Crippen molar-refractivity contribution < 1.29 is 9.53 Å². The largest absolute Gasteiger partial charge is 0.493 e. The summed E-state index contributed by atoms with van der Waals surface area (Å²) in [5.41, 5.74) is 3.80. The zero-order chi connectivity index (χ0) is 19.1. The summed E-state index contributed by atoms with van der Waals surface area (Å²) in [6.07, 6.45) is 0.832. The molecule has 3 aromatic rings. The number of nitrogens with one attached hydrogen (secondary N) is 1. The highest BCUT2D eigenvalue weighted by atomic mass is 16.5. The van der Waals surface area contributed by atoms with Crippen LogP contribution in [0.4, 0.5) is 5.69 Å². The van der Waals surface area contributed by atoms with E-state index < -0.39 is 0 Å². The lowest BCUT2D eigenvalue weighted by Crippen LogP contribution is -2.14. The highest BCUT2D eigenvalue weighted by molar-refractivity contribution is 6.04. The van der Waals surface area contributed by atoms with Crippen LogP contribution in [-0.2, 0) is 6.42 Å². The molecule has 0 unspecified atom stereocenters. The van der Waals surface area contributed by atoms with Gasteiger partial charge in [-0.3, -0.25) is 4.79 Å². The molecule has 0 bridgehead atoms. The van der Waals surface area contributed by atoms with E-state index in [1.807, 2.05) is 54.6 Å². The van der Waals surface area contributed by atoms with Crippen LogP contribution in [0.1, 0.15) is 41.3 Å². The molecule has 0 spiro atoms. The first-order chi connectivity index (χ1) is 13.1. The van der Waals surface area contributed by atoms with Gasteiger partial charge in [-0.25, -0.2) is 0 Å². The minimum atomic E-state index is -0.128. The maximum atomic E-state index is 12.7. The molecule has 0 saturated carbocycles. The summed E-state index contributed by atoms with van der Waals surface area (Å²) in [4.78, 5) is 12.7. The Morgan fingerprint density at radius 1 is 0.926 bits per heavy atom. The number of carbonyl (C=O) groups is 1. The van der Waals surface area contributed by atoms with E-state index in [9.17, 15) is 4.79 Å². The Morgan fingerprint density at radius 3 is 2.44 bits per heavy atom. The van der Waals surface area contributed by atoms with E-state index in [-0.39, 0.29) is 5.91 Å². The molecule has 3 aromatic carbocycles. The normalized spacial score (nSPS) is 10.6.